The lowest BCUT2D eigenvalue weighted by molar-refractivity contribution is 0.00503. The van der Waals surface area contributed by atoms with E-state index < -0.39 is 5.54 Å². The van der Waals surface area contributed by atoms with Crippen LogP contribution in [0.3, 0.4) is 0 Å². The van der Waals surface area contributed by atoms with Crippen molar-refractivity contribution in [3.63, 3.8) is 0 Å². The van der Waals surface area contributed by atoms with Crippen LogP contribution in [0.4, 0.5) is 0 Å². The van der Waals surface area contributed by atoms with Gasteiger partial charge >= 0.3 is 0 Å². The van der Waals surface area contributed by atoms with E-state index in [-0.39, 0.29) is 12.1 Å². The summed E-state index contributed by atoms with van der Waals surface area (Å²) in [6.07, 6.45) is 13.7. The third kappa shape index (κ3) is 2.85. The van der Waals surface area contributed by atoms with E-state index in [0.717, 1.165) is 23.6 Å². The van der Waals surface area contributed by atoms with Gasteiger partial charge < -0.3 is 15.4 Å². The van der Waals surface area contributed by atoms with E-state index in [0.29, 0.717) is 6.61 Å². The molecule has 0 amide bonds. The topological polar surface area (TPSA) is 76.9 Å². The van der Waals surface area contributed by atoms with Crippen molar-refractivity contribution in [3.8, 4) is 0 Å². The molecule has 7 heteroatoms. The Bertz CT molecular complexity index is 813. The predicted octanol–water partition coefficient (Wildman–Crippen LogP) is 1.18. The summed E-state index contributed by atoms with van der Waals surface area (Å²) >= 11 is 0. The molecule has 2 aromatic rings. The second-order valence-electron chi connectivity index (χ2n) is 6.38. The fraction of sp³-hybridized carbons (Fsp3) is 0.389. The van der Waals surface area contributed by atoms with Gasteiger partial charge in [0.05, 0.1) is 30.6 Å². The van der Waals surface area contributed by atoms with Gasteiger partial charge in [-0.05, 0) is 31.3 Å². The highest BCUT2D eigenvalue weighted by Gasteiger charge is 2.36. The highest BCUT2D eigenvalue weighted by atomic mass is 16.5. The lowest BCUT2D eigenvalue weighted by atomic mass is 9.86. The maximum absolute atomic E-state index is 5.75. The van der Waals surface area contributed by atoms with E-state index >= 15 is 0 Å². The SMILES string of the molecule is CC1OCCNC1c1nccc(C2(c3cnn(C)c3)C=CC=CN2)n1. The third-order valence-corrected chi connectivity index (χ3v) is 4.70. The first-order valence-electron chi connectivity index (χ1n) is 8.49. The van der Waals surface area contributed by atoms with Crippen molar-refractivity contribution < 1.29 is 4.74 Å². The highest BCUT2D eigenvalue weighted by Crippen LogP contribution is 2.32. The molecule has 4 heterocycles. The summed E-state index contributed by atoms with van der Waals surface area (Å²) in [5.74, 6) is 0.748. The third-order valence-electron chi connectivity index (χ3n) is 4.70. The van der Waals surface area contributed by atoms with E-state index in [2.05, 4.69) is 26.8 Å². The van der Waals surface area contributed by atoms with Gasteiger partial charge in [0.25, 0.3) is 0 Å². The zero-order valence-corrected chi connectivity index (χ0v) is 14.4. The average Bonchev–Trinajstić information content (AvgIpc) is 3.10. The summed E-state index contributed by atoms with van der Waals surface area (Å²) in [6, 6.07) is 1.93. The van der Waals surface area contributed by atoms with Crippen LogP contribution in [-0.4, -0.2) is 39.0 Å². The molecule has 2 aliphatic heterocycles. The van der Waals surface area contributed by atoms with Crippen LogP contribution in [0.1, 0.15) is 30.0 Å². The molecule has 7 nitrogen and oxygen atoms in total. The summed E-state index contributed by atoms with van der Waals surface area (Å²) in [5.41, 5.74) is 1.35. The standard InChI is InChI=1S/C18H22N6O/c1-13-16(19-9-10-25-13)17-20-8-5-15(23-17)18(6-3-4-7-21-18)14-11-22-24(2)12-14/h3-8,11-13,16,19,21H,9-10H2,1-2H3. The largest absolute Gasteiger partial charge is 0.375 e. The number of morpholine rings is 1. The second-order valence-corrected chi connectivity index (χ2v) is 6.38. The van der Waals surface area contributed by atoms with Gasteiger partial charge in [-0.25, -0.2) is 9.97 Å². The average molecular weight is 338 g/mol. The Morgan fingerprint density at radius 3 is 3.00 bits per heavy atom. The molecule has 0 saturated carbocycles. The van der Waals surface area contributed by atoms with Gasteiger partial charge in [0, 0.05) is 31.5 Å². The Morgan fingerprint density at radius 2 is 2.28 bits per heavy atom. The van der Waals surface area contributed by atoms with Crippen molar-refractivity contribution in [2.24, 2.45) is 7.05 Å². The molecule has 1 saturated heterocycles. The first kappa shape index (κ1) is 16.0. The Balaban J connectivity index is 1.77. The number of aromatic nitrogens is 4. The predicted molar refractivity (Wildman–Crippen MR) is 93.6 cm³/mol. The van der Waals surface area contributed by atoms with Gasteiger partial charge in [-0.15, -0.1) is 0 Å². The number of dihydropyridines is 1. The van der Waals surface area contributed by atoms with Crippen molar-refractivity contribution in [1.29, 1.82) is 0 Å². The first-order valence-corrected chi connectivity index (χ1v) is 8.49. The molecule has 1 fully saturated rings. The Morgan fingerprint density at radius 1 is 1.36 bits per heavy atom. The zero-order valence-electron chi connectivity index (χ0n) is 14.4. The van der Waals surface area contributed by atoms with Gasteiger partial charge in [-0.1, -0.05) is 6.08 Å². The highest BCUT2D eigenvalue weighted by molar-refractivity contribution is 5.41. The van der Waals surface area contributed by atoms with Crippen molar-refractivity contribution in [2.75, 3.05) is 13.2 Å². The van der Waals surface area contributed by atoms with E-state index in [1.165, 1.54) is 0 Å². The number of aryl methyl sites for hydroxylation is 1. The van der Waals surface area contributed by atoms with Crippen molar-refractivity contribution in [1.82, 2.24) is 30.4 Å². The fourth-order valence-corrected chi connectivity index (χ4v) is 3.36. The lowest BCUT2D eigenvalue weighted by Gasteiger charge is -2.33. The van der Waals surface area contributed by atoms with Gasteiger partial charge in [-0.3, -0.25) is 4.68 Å². The molecule has 2 aliphatic rings. The zero-order chi connectivity index (χ0) is 17.3. The quantitative estimate of drug-likeness (QED) is 0.875. The molecule has 4 rings (SSSR count). The van der Waals surface area contributed by atoms with Crippen molar-refractivity contribution >= 4 is 0 Å². The van der Waals surface area contributed by atoms with Crippen LogP contribution in [-0.2, 0) is 17.3 Å². The van der Waals surface area contributed by atoms with E-state index in [4.69, 9.17) is 9.72 Å². The number of nitrogens with one attached hydrogen (secondary N) is 2. The van der Waals surface area contributed by atoms with Crippen LogP contribution in [0, 0.1) is 0 Å². The van der Waals surface area contributed by atoms with Crippen LogP contribution < -0.4 is 10.6 Å². The summed E-state index contributed by atoms with van der Waals surface area (Å²) in [6.45, 7) is 3.56. The smallest absolute Gasteiger partial charge is 0.148 e. The molecule has 2 N–H and O–H groups in total. The Labute approximate surface area is 146 Å². The summed E-state index contributed by atoms with van der Waals surface area (Å²) in [5, 5.41) is 11.2. The number of rotatable bonds is 3. The fourth-order valence-electron chi connectivity index (χ4n) is 3.36. The Hall–Kier alpha value is -2.51. The molecule has 0 radical (unpaired) electrons. The first-order chi connectivity index (χ1) is 12.2. The maximum Gasteiger partial charge on any atom is 0.148 e. The van der Waals surface area contributed by atoms with E-state index in [1.54, 1.807) is 4.68 Å². The van der Waals surface area contributed by atoms with Gasteiger partial charge in [0.2, 0.25) is 0 Å². The van der Waals surface area contributed by atoms with Crippen molar-refractivity contribution in [2.45, 2.75) is 24.6 Å². The molecule has 0 aromatic carbocycles. The van der Waals surface area contributed by atoms with Crippen LogP contribution in [0.15, 0.2) is 49.1 Å². The van der Waals surface area contributed by atoms with Gasteiger partial charge in [-0.2, -0.15) is 5.10 Å². The van der Waals surface area contributed by atoms with Crippen LogP contribution >= 0.6 is 0 Å². The van der Waals surface area contributed by atoms with Gasteiger partial charge in [0.15, 0.2) is 0 Å². The monoisotopic (exact) mass is 338 g/mol. The molecule has 25 heavy (non-hydrogen) atoms. The van der Waals surface area contributed by atoms with Crippen LogP contribution in [0.25, 0.3) is 0 Å². The minimum absolute atomic E-state index is 0.0113. The summed E-state index contributed by atoms with van der Waals surface area (Å²) in [7, 11) is 1.91. The molecular formula is C18H22N6O. The second kappa shape index (κ2) is 6.42. The molecule has 130 valence electrons. The molecule has 0 spiro atoms. The van der Waals surface area contributed by atoms with Crippen LogP contribution in [0.5, 0.6) is 0 Å². The number of nitrogens with zero attached hydrogens (tertiary/aromatic N) is 4. The molecule has 2 aromatic heterocycles. The minimum atomic E-state index is -0.556. The number of hydrogen-bond donors (Lipinski definition) is 2. The number of ether oxygens (including phenoxy) is 1. The summed E-state index contributed by atoms with van der Waals surface area (Å²) in [4.78, 5) is 9.38. The normalized spacial score (nSPS) is 28.7. The molecule has 3 unspecified atom stereocenters. The number of hydrogen-bond acceptors (Lipinski definition) is 6. The van der Waals surface area contributed by atoms with Crippen LogP contribution in [0.2, 0.25) is 0 Å². The molecular weight excluding hydrogens is 316 g/mol. The molecule has 0 bridgehead atoms. The summed E-state index contributed by atoms with van der Waals surface area (Å²) < 4.78 is 7.54. The van der Waals surface area contributed by atoms with Crippen molar-refractivity contribution in [3.05, 3.63) is 66.2 Å². The lowest BCUT2D eigenvalue weighted by Crippen LogP contribution is -2.43. The van der Waals surface area contributed by atoms with E-state index in [1.807, 2.05) is 57.0 Å². The van der Waals surface area contributed by atoms with Gasteiger partial charge in [0.1, 0.15) is 11.4 Å². The number of allylic oxidation sites excluding steroid dienone is 2. The van der Waals surface area contributed by atoms with E-state index in [9.17, 15) is 0 Å². The molecule has 3 atom stereocenters. The Kier molecular flexibility index (Phi) is 4.10. The molecule has 0 aliphatic carbocycles. The minimum Gasteiger partial charge on any atom is -0.375 e. The maximum atomic E-state index is 5.75.